The van der Waals surface area contributed by atoms with Crippen molar-refractivity contribution >= 4 is 10.9 Å². The van der Waals surface area contributed by atoms with E-state index in [4.69, 9.17) is 9.47 Å². The molecule has 32 heavy (non-hydrogen) atoms. The van der Waals surface area contributed by atoms with Crippen LogP contribution in [0.25, 0.3) is 10.9 Å². The summed E-state index contributed by atoms with van der Waals surface area (Å²) in [6.07, 6.45) is 2.23. The van der Waals surface area contributed by atoms with Gasteiger partial charge in [0.05, 0.1) is 26.9 Å². The first kappa shape index (κ1) is 21.3. The molecule has 0 radical (unpaired) electrons. The average molecular weight is 436 g/mol. The first-order valence-electron chi connectivity index (χ1n) is 11.4. The van der Waals surface area contributed by atoms with Gasteiger partial charge in [-0.2, -0.15) is 0 Å². The van der Waals surface area contributed by atoms with E-state index in [0.29, 0.717) is 0 Å². The van der Waals surface area contributed by atoms with Crippen molar-refractivity contribution < 1.29 is 14.6 Å². The number of rotatable bonds is 5. The Balaban J connectivity index is 1.61. The van der Waals surface area contributed by atoms with Gasteiger partial charge in [-0.25, -0.2) is 0 Å². The summed E-state index contributed by atoms with van der Waals surface area (Å²) in [5.41, 5.74) is 4.93. The quantitative estimate of drug-likeness (QED) is 0.640. The number of nitrogens with one attached hydrogen (secondary N) is 1. The number of aromatic nitrogens is 1. The molecule has 6 nitrogen and oxygen atoms in total. The van der Waals surface area contributed by atoms with E-state index in [1.807, 2.05) is 12.1 Å². The van der Waals surface area contributed by atoms with Gasteiger partial charge in [-0.15, -0.1) is 0 Å². The summed E-state index contributed by atoms with van der Waals surface area (Å²) in [4.78, 5) is 8.57. The third-order valence-corrected chi connectivity index (χ3v) is 7.48. The smallest absolute Gasteiger partial charge is 0.120 e. The van der Waals surface area contributed by atoms with Gasteiger partial charge in [0.2, 0.25) is 0 Å². The summed E-state index contributed by atoms with van der Waals surface area (Å²) >= 11 is 0. The molecule has 2 aromatic carbocycles. The second-order valence-corrected chi connectivity index (χ2v) is 9.36. The molecule has 0 amide bonds. The molecule has 0 unspecified atom stereocenters. The number of piperidine rings is 1. The Morgan fingerprint density at radius 1 is 1.06 bits per heavy atom. The maximum Gasteiger partial charge on any atom is 0.120 e. The lowest BCUT2D eigenvalue weighted by Gasteiger charge is -2.50. The number of hydrogen-bond donors (Lipinski definition) is 2. The SMILES string of the molecule is COc1cccc(CN2CC3(CCN(C)CC3)c3c([nH]c4cc(OC)ccc34)[C@H]2CO)c1. The van der Waals surface area contributed by atoms with Gasteiger partial charge in [0, 0.05) is 41.2 Å². The maximum absolute atomic E-state index is 10.5. The number of nitrogens with zero attached hydrogens (tertiary/aromatic N) is 2. The van der Waals surface area contributed by atoms with E-state index >= 15 is 0 Å². The zero-order chi connectivity index (χ0) is 22.3. The number of fused-ring (bicyclic) bond motifs is 4. The summed E-state index contributed by atoms with van der Waals surface area (Å²) in [6.45, 7) is 3.96. The van der Waals surface area contributed by atoms with Gasteiger partial charge < -0.3 is 24.5 Å². The lowest BCUT2D eigenvalue weighted by Crippen LogP contribution is -2.53. The summed E-state index contributed by atoms with van der Waals surface area (Å²) in [5, 5.41) is 11.8. The van der Waals surface area contributed by atoms with E-state index in [-0.39, 0.29) is 18.1 Å². The lowest BCUT2D eigenvalue weighted by molar-refractivity contribution is 0.0474. The molecule has 2 N–H and O–H groups in total. The number of H-pyrrole nitrogens is 1. The maximum atomic E-state index is 10.5. The van der Waals surface area contributed by atoms with E-state index in [1.54, 1.807) is 14.2 Å². The Morgan fingerprint density at radius 3 is 2.53 bits per heavy atom. The number of hydrogen-bond acceptors (Lipinski definition) is 5. The number of ether oxygens (including phenoxy) is 2. The minimum absolute atomic E-state index is 0.0687. The van der Waals surface area contributed by atoms with Crippen LogP contribution in [0.3, 0.4) is 0 Å². The van der Waals surface area contributed by atoms with Gasteiger partial charge in [-0.05, 0) is 68.4 Å². The van der Waals surface area contributed by atoms with Gasteiger partial charge in [0.15, 0.2) is 0 Å². The normalized spacial score (nSPS) is 21.1. The van der Waals surface area contributed by atoms with Crippen LogP contribution in [0.15, 0.2) is 42.5 Å². The van der Waals surface area contributed by atoms with Crippen molar-refractivity contribution in [3.63, 3.8) is 0 Å². The van der Waals surface area contributed by atoms with Gasteiger partial charge in [0.25, 0.3) is 0 Å². The Hall–Kier alpha value is -2.54. The van der Waals surface area contributed by atoms with Crippen LogP contribution in [-0.4, -0.2) is 67.4 Å². The van der Waals surface area contributed by atoms with Gasteiger partial charge in [0.1, 0.15) is 11.5 Å². The minimum Gasteiger partial charge on any atom is -0.497 e. The van der Waals surface area contributed by atoms with E-state index in [2.05, 4.69) is 52.2 Å². The Morgan fingerprint density at radius 2 is 1.81 bits per heavy atom. The van der Waals surface area contributed by atoms with Crippen molar-refractivity contribution in [3.8, 4) is 11.5 Å². The number of aliphatic hydroxyl groups excluding tert-OH is 1. The standard InChI is InChI=1S/C26H33N3O3/c1-28-11-9-26(10-12-28)17-29(15-18-5-4-6-19(13-18)31-2)23(16-30)25-24(26)21-8-7-20(32-3)14-22(21)27-25/h4-8,13-14,23,27,30H,9-12,15-17H2,1-3H3/t23-/m1/s1. The predicted octanol–water partition coefficient (Wildman–Crippen LogP) is 3.70. The molecule has 1 aromatic heterocycles. The van der Waals surface area contributed by atoms with Gasteiger partial charge in [-0.3, -0.25) is 4.90 Å². The second kappa shape index (κ2) is 8.43. The molecule has 0 aliphatic carbocycles. The van der Waals surface area contributed by atoms with Crippen molar-refractivity contribution in [2.75, 3.05) is 47.5 Å². The molecule has 5 rings (SSSR count). The molecule has 1 atom stereocenters. The molecule has 1 fully saturated rings. The zero-order valence-electron chi connectivity index (χ0n) is 19.2. The third-order valence-electron chi connectivity index (χ3n) is 7.48. The van der Waals surface area contributed by atoms with Crippen LogP contribution < -0.4 is 9.47 Å². The number of methoxy groups -OCH3 is 2. The Bertz CT molecular complexity index is 1100. The van der Waals surface area contributed by atoms with Crippen LogP contribution in [-0.2, 0) is 12.0 Å². The van der Waals surface area contributed by atoms with Gasteiger partial charge in [-0.1, -0.05) is 12.1 Å². The highest BCUT2D eigenvalue weighted by Crippen LogP contribution is 2.49. The first-order valence-corrected chi connectivity index (χ1v) is 11.4. The summed E-state index contributed by atoms with van der Waals surface area (Å²) in [5.74, 6) is 1.72. The van der Waals surface area contributed by atoms with Crippen molar-refractivity contribution in [1.29, 1.82) is 0 Å². The molecule has 6 heteroatoms. The molecule has 0 bridgehead atoms. The van der Waals surface area contributed by atoms with E-state index in [0.717, 1.165) is 61.7 Å². The van der Waals surface area contributed by atoms with Crippen LogP contribution in [0.1, 0.15) is 35.7 Å². The monoisotopic (exact) mass is 435 g/mol. The average Bonchev–Trinajstić information content (AvgIpc) is 3.20. The fourth-order valence-corrected chi connectivity index (χ4v) is 5.74. The molecule has 1 spiro atoms. The fourth-order valence-electron chi connectivity index (χ4n) is 5.74. The summed E-state index contributed by atoms with van der Waals surface area (Å²) in [7, 11) is 5.62. The highest BCUT2D eigenvalue weighted by molar-refractivity contribution is 5.87. The molecule has 2 aliphatic heterocycles. The summed E-state index contributed by atoms with van der Waals surface area (Å²) < 4.78 is 10.9. The zero-order valence-corrected chi connectivity index (χ0v) is 19.2. The first-order chi connectivity index (χ1) is 15.6. The van der Waals surface area contributed by atoms with E-state index < -0.39 is 0 Å². The van der Waals surface area contributed by atoms with Crippen LogP contribution in [0, 0.1) is 0 Å². The molecular formula is C26H33N3O3. The predicted molar refractivity (Wildman–Crippen MR) is 126 cm³/mol. The van der Waals surface area contributed by atoms with Crippen LogP contribution in [0.2, 0.25) is 0 Å². The van der Waals surface area contributed by atoms with Crippen molar-refractivity contribution in [2.45, 2.75) is 30.8 Å². The number of aliphatic hydroxyl groups is 1. The van der Waals surface area contributed by atoms with E-state index in [9.17, 15) is 5.11 Å². The lowest BCUT2D eigenvalue weighted by atomic mass is 9.68. The van der Waals surface area contributed by atoms with Crippen LogP contribution in [0.4, 0.5) is 0 Å². The Kier molecular flexibility index (Phi) is 5.61. The third kappa shape index (κ3) is 3.56. The van der Waals surface area contributed by atoms with Crippen LogP contribution in [0.5, 0.6) is 11.5 Å². The fraction of sp³-hybridized carbons (Fsp3) is 0.462. The number of aromatic amines is 1. The molecule has 1 saturated heterocycles. The minimum atomic E-state index is -0.0696. The highest BCUT2D eigenvalue weighted by Gasteiger charge is 2.46. The molecule has 3 aromatic rings. The van der Waals surface area contributed by atoms with Crippen LogP contribution >= 0.6 is 0 Å². The highest BCUT2D eigenvalue weighted by atomic mass is 16.5. The van der Waals surface area contributed by atoms with Gasteiger partial charge >= 0.3 is 0 Å². The molecule has 0 saturated carbocycles. The number of likely N-dealkylation sites (tertiary alicyclic amines) is 1. The van der Waals surface area contributed by atoms with Crippen molar-refractivity contribution in [3.05, 3.63) is 59.3 Å². The topological polar surface area (TPSA) is 61.0 Å². The largest absolute Gasteiger partial charge is 0.497 e. The molecular weight excluding hydrogens is 402 g/mol. The second-order valence-electron chi connectivity index (χ2n) is 9.36. The molecule has 2 aliphatic rings. The number of benzene rings is 2. The summed E-state index contributed by atoms with van der Waals surface area (Å²) in [6, 6.07) is 14.5. The Labute approximate surface area is 189 Å². The molecule has 3 heterocycles. The van der Waals surface area contributed by atoms with Crippen molar-refractivity contribution in [1.82, 2.24) is 14.8 Å². The van der Waals surface area contributed by atoms with E-state index in [1.165, 1.54) is 16.5 Å². The van der Waals surface area contributed by atoms with Crippen molar-refractivity contribution in [2.24, 2.45) is 0 Å². The molecule has 170 valence electrons.